The van der Waals surface area contributed by atoms with Gasteiger partial charge in [0.1, 0.15) is 5.82 Å². The van der Waals surface area contributed by atoms with Crippen LogP contribution in [0.1, 0.15) is 24.0 Å². The minimum atomic E-state index is -0.314. The van der Waals surface area contributed by atoms with Crippen LogP contribution in [0.5, 0.6) is 0 Å². The molecule has 7 nitrogen and oxygen atoms in total. The Bertz CT molecular complexity index is 1240. The number of hydrogen-bond acceptors (Lipinski definition) is 5. The van der Waals surface area contributed by atoms with Crippen LogP contribution < -0.4 is 15.5 Å². The zero-order valence-electron chi connectivity index (χ0n) is 19.1. The summed E-state index contributed by atoms with van der Waals surface area (Å²) >= 11 is 6.47. The van der Waals surface area contributed by atoms with E-state index in [4.69, 9.17) is 21.6 Å². The zero-order valence-corrected chi connectivity index (χ0v) is 19.9. The fourth-order valence-electron chi connectivity index (χ4n) is 4.53. The Kier molecular flexibility index (Phi) is 6.10. The fourth-order valence-corrected chi connectivity index (χ4v) is 4.75. The van der Waals surface area contributed by atoms with Gasteiger partial charge in [-0.2, -0.15) is 4.98 Å². The summed E-state index contributed by atoms with van der Waals surface area (Å²) in [5.74, 6) is 0.611. The van der Waals surface area contributed by atoms with E-state index in [1.54, 1.807) is 18.2 Å². The molecule has 0 saturated carbocycles. The van der Waals surface area contributed by atoms with E-state index in [1.165, 1.54) is 17.0 Å². The van der Waals surface area contributed by atoms with Gasteiger partial charge in [0.05, 0.1) is 22.9 Å². The molecular formula is C25H26ClFN6O. The summed E-state index contributed by atoms with van der Waals surface area (Å²) < 4.78 is 13.9. The molecule has 0 radical (unpaired) electrons. The molecule has 0 atom stereocenters. The van der Waals surface area contributed by atoms with E-state index in [1.807, 2.05) is 19.1 Å². The van der Waals surface area contributed by atoms with E-state index in [9.17, 15) is 9.18 Å². The van der Waals surface area contributed by atoms with Crippen molar-refractivity contribution in [2.75, 3.05) is 30.4 Å². The van der Waals surface area contributed by atoms with Crippen LogP contribution in [0.3, 0.4) is 0 Å². The van der Waals surface area contributed by atoms with Crippen LogP contribution in [0.2, 0.25) is 5.02 Å². The number of carbonyl (C=O) groups excluding carboxylic acids is 1. The number of likely N-dealkylation sites (tertiary alicyclic amines) is 1. The van der Waals surface area contributed by atoms with E-state index in [2.05, 4.69) is 22.6 Å². The summed E-state index contributed by atoms with van der Waals surface area (Å²) in [7, 11) is 2.11. The maximum atomic E-state index is 13.9. The van der Waals surface area contributed by atoms with Gasteiger partial charge in [-0.15, -0.1) is 0 Å². The quantitative estimate of drug-likeness (QED) is 0.542. The molecule has 0 aliphatic carbocycles. The first-order valence-electron chi connectivity index (χ1n) is 11.4. The molecule has 1 aromatic heterocycles. The molecule has 0 spiro atoms. The number of aromatic nitrogens is 2. The van der Waals surface area contributed by atoms with Crippen LogP contribution in [-0.2, 0) is 6.54 Å². The fraction of sp³-hybridized carbons (Fsp3) is 0.320. The third-order valence-electron chi connectivity index (χ3n) is 6.41. The first kappa shape index (κ1) is 22.6. The maximum Gasteiger partial charge on any atom is 0.328 e. The van der Waals surface area contributed by atoms with Crippen molar-refractivity contribution < 1.29 is 9.18 Å². The average Bonchev–Trinajstić information content (AvgIpc) is 2.81. The SMILES string of the molecule is Cc1cc(F)ccc1-c1nc(NC2CCN(C)CC2)nc2c1CNC(=O)N2c1ccccc1Cl. The van der Waals surface area contributed by atoms with E-state index in [-0.39, 0.29) is 24.4 Å². The summed E-state index contributed by atoms with van der Waals surface area (Å²) in [6.07, 6.45) is 1.94. The molecule has 1 saturated heterocycles. The number of piperidine rings is 1. The normalized spacial score (nSPS) is 16.8. The number of anilines is 3. The van der Waals surface area contributed by atoms with Crippen LogP contribution in [0.25, 0.3) is 11.3 Å². The minimum absolute atomic E-state index is 0.225. The Morgan fingerprint density at radius 3 is 2.65 bits per heavy atom. The third kappa shape index (κ3) is 4.31. The standard InChI is InChI=1S/C25H26ClFN6O/c1-15-13-16(27)7-8-18(15)22-19-14-28-25(34)33(21-6-4-3-5-20(21)26)23(19)31-24(30-22)29-17-9-11-32(2)12-10-17/h3-8,13,17H,9-12,14H2,1-2H3,(H,28,34)(H,29,30,31). The minimum Gasteiger partial charge on any atom is -0.351 e. The predicted molar refractivity (Wildman–Crippen MR) is 132 cm³/mol. The highest BCUT2D eigenvalue weighted by Crippen LogP contribution is 2.39. The third-order valence-corrected chi connectivity index (χ3v) is 6.72. The largest absolute Gasteiger partial charge is 0.351 e. The van der Waals surface area contributed by atoms with Gasteiger partial charge < -0.3 is 15.5 Å². The Balaban J connectivity index is 1.66. The number of aryl methyl sites for hydroxylation is 1. The van der Waals surface area contributed by atoms with E-state index in [0.29, 0.717) is 28.2 Å². The van der Waals surface area contributed by atoms with Gasteiger partial charge in [-0.1, -0.05) is 23.7 Å². The van der Waals surface area contributed by atoms with E-state index in [0.717, 1.165) is 42.6 Å². The number of carbonyl (C=O) groups is 1. The molecule has 2 aromatic carbocycles. The first-order chi connectivity index (χ1) is 16.4. The lowest BCUT2D eigenvalue weighted by Gasteiger charge is -2.32. The Hall–Kier alpha value is -3.23. The van der Waals surface area contributed by atoms with Gasteiger partial charge in [0.15, 0.2) is 5.82 Å². The van der Waals surface area contributed by atoms with Crippen LogP contribution in [0.4, 0.5) is 26.6 Å². The molecule has 3 aromatic rings. The van der Waals surface area contributed by atoms with Gasteiger partial charge >= 0.3 is 6.03 Å². The summed E-state index contributed by atoms with van der Waals surface area (Å²) in [6.45, 7) is 4.08. The summed E-state index contributed by atoms with van der Waals surface area (Å²) in [4.78, 5) is 26.5. The second-order valence-corrected chi connectivity index (χ2v) is 9.23. The van der Waals surface area contributed by atoms with Crippen LogP contribution in [0, 0.1) is 12.7 Å². The van der Waals surface area contributed by atoms with Gasteiger partial charge in [0.2, 0.25) is 5.95 Å². The Morgan fingerprint density at radius 1 is 1.15 bits per heavy atom. The van der Waals surface area contributed by atoms with Crippen molar-refractivity contribution >= 4 is 35.1 Å². The van der Waals surface area contributed by atoms with Crippen LogP contribution in [-0.4, -0.2) is 47.1 Å². The lowest BCUT2D eigenvalue weighted by atomic mass is 10.00. The van der Waals surface area contributed by atoms with Crippen molar-refractivity contribution in [3.63, 3.8) is 0 Å². The molecule has 0 unspecified atom stereocenters. The van der Waals surface area contributed by atoms with Crippen molar-refractivity contribution in [1.29, 1.82) is 0 Å². The number of rotatable bonds is 4. The second-order valence-electron chi connectivity index (χ2n) is 8.82. The van der Waals surface area contributed by atoms with Crippen LogP contribution in [0.15, 0.2) is 42.5 Å². The molecule has 2 amide bonds. The Labute approximate surface area is 203 Å². The average molecular weight is 481 g/mol. The van der Waals surface area contributed by atoms with Crippen molar-refractivity contribution in [3.05, 3.63) is 64.4 Å². The van der Waals surface area contributed by atoms with E-state index < -0.39 is 0 Å². The number of fused-ring (bicyclic) bond motifs is 1. The molecule has 1 fully saturated rings. The molecule has 9 heteroatoms. The molecule has 176 valence electrons. The second kappa shape index (κ2) is 9.19. The molecule has 5 rings (SSSR count). The summed E-state index contributed by atoms with van der Waals surface area (Å²) in [6, 6.07) is 11.7. The topological polar surface area (TPSA) is 73.4 Å². The number of para-hydroxylation sites is 1. The lowest BCUT2D eigenvalue weighted by Crippen LogP contribution is -2.42. The molecule has 2 aliphatic heterocycles. The van der Waals surface area contributed by atoms with Crippen LogP contribution >= 0.6 is 11.6 Å². The molecule has 2 N–H and O–H groups in total. The summed E-state index contributed by atoms with van der Waals surface area (Å²) in [5.41, 5.74) is 3.50. The van der Waals surface area contributed by atoms with Gasteiger partial charge in [0, 0.05) is 17.2 Å². The highest BCUT2D eigenvalue weighted by atomic mass is 35.5. The van der Waals surface area contributed by atoms with Crippen molar-refractivity contribution in [1.82, 2.24) is 20.2 Å². The van der Waals surface area contributed by atoms with Gasteiger partial charge in [-0.3, -0.25) is 0 Å². The molecular weight excluding hydrogens is 455 g/mol. The molecule has 2 aliphatic rings. The number of amides is 2. The van der Waals surface area contributed by atoms with Gasteiger partial charge in [-0.05, 0) is 75.8 Å². The number of nitrogens with zero attached hydrogens (tertiary/aromatic N) is 4. The number of halogens is 2. The van der Waals surface area contributed by atoms with Crippen molar-refractivity contribution in [3.8, 4) is 11.3 Å². The smallest absolute Gasteiger partial charge is 0.328 e. The number of hydrogen-bond donors (Lipinski definition) is 2. The number of benzene rings is 2. The Morgan fingerprint density at radius 2 is 1.91 bits per heavy atom. The van der Waals surface area contributed by atoms with Crippen molar-refractivity contribution in [2.45, 2.75) is 32.4 Å². The maximum absolute atomic E-state index is 13.9. The monoisotopic (exact) mass is 480 g/mol. The number of nitrogens with one attached hydrogen (secondary N) is 2. The number of urea groups is 1. The zero-order chi connectivity index (χ0) is 23.8. The highest BCUT2D eigenvalue weighted by molar-refractivity contribution is 6.34. The van der Waals surface area contributed by atoms with E-state index >= 15 is 0 Å². The molecule has 34 heavy (non-hydrogen) atoms. The lowest BCUT2D eigenvalue weighted by molar-refractivity contribution is 0.247. The molecule has 3 heterocycles. The van der Waals surface area contributed by atoms with Gasteiger partial charge in [-0.25, -0.2) is 19.1 Å². The molecule has 0 bridgehead atoms. The summed E-state index contributed by atoms with van der Waals surface area (Å²) in [5, 5.41) is 6.83. The highest BCUT2D eigenvalue weighted by Gasteiger charge is 2.32. The van der Waals surface area contributed by atoms with Gasteiger partial charge in [0.25, 0.3) is 0 Å². The predicted octanol–water partition coefficient (Wildman–Crippen LogP) is 5.11. The first-order valence-corrected chi connectivity index (χ1v) is 11.7. The van der Waals surface area contributed by atoms with Crippen molar-refractivity contribution in [2.24, 2.45) is 0 Å².